The van der Waals surface area contributed by atoms with E-state index in [9.17, 15) is 8.42 Å². The maximum atomic E-state index is 13.7. The lowest BCUT2D eigenvalue weighted by Gasteiger charge is -2.33. The Kier molecular flexibility index (Phi) is 5.31. The largest absolute Gasteiger partial charge is 0.381 e. The molecule has 0 aromatic carbocycles. The molecule has 1 aliphatic carbocycles. The maximum Gasteiger partial charge on any atom is 0.196 e. The highest BCUT2D eigenvalue weighted by molar-refractivity contribution is 7.92. The highest BCUT2D eigenvalue weighted by atomic mass is 32.2. The van der Waals surface area contributed by atoms with Crippen LogP contribution in [0.15, 0.2) is 17.2 Å². The maximum absolute atomic E-state index is 13.7. The standard InChI is InChI=1S/C20H31N3O3S/c1-13-7-14(2)22-10-19(13)27(24,25)20-18-9-17(21)8-16(18)12-23(20)11-15-3-5-26-6-4-15/h7,10,15-18,20H,3-6,8-9,11-12,21H2,1-2H3/t16-,17+,18+,20+/m1/s1. The smallest absolute Gasteiger partial charge is 0.196 e. The summed E-state index contributed by atoms with van der Waals surface area (Å²) in [5, 5.41) is -0.470. The summed E-state index contributed by atoms with van der Waals surface area (Å²) in [6.07, 6.45) is 5.32. The minimum absolute atomic E-state index is 0.125. The fourth-order valence-electron chi connectivity index (χ4n) is 5.41. The molecule has 3 fully saturated rings. The second kappa shape index (κ2) is 7.43. The number of sulfone groups is 1. The second-order valence-corrected chi connectivity index (χ2v) is 10.7. The summed E-state index contributed by atoms with van der Waals surface area (Å²) >= 11 is 0. The molecule has 150 valence electrons. The molecular formula is C20H31N3O3S. The Morgan fingerprint density at radius 1 is 1.26 bits per heavy atom. The number of pyridine rings is 1. The summed E-state index contributed by atoms with van der Waals surface area (Å²) in [5.41, 5.74) is 7.84. The summed E-state index contributed by atoms with van der Waals surface area (Å²) in [5.74, 6) is 1.03. The van der Waals surface area contributed by atoms with E-state index >= 15 is 0 Å². The van der Waals surface area contributed by atoms with Crippen molar-refractivity contribution < 1.29 is 13.2 Å². The molecule has 3 aliphatic rings. The minimum Gasteiger partial charge on any atom is -0.381 e. The Bertz CT molecular complexity index is 792. The van der Waals surface area contributed by atoms with E-state index in [1.807, 2.05) is 19.9 Å². The SMILES string of the molecule is Cc1cc(C)c(S(=O)(=O)[C@H]2[C@H]3C[C@@H](N)C[C@@H]3CN2CC2CCOCC2)cn1. The lowest BCUT2D eigenvalue weighted by molar-refractivity contribution is 0.0528. The van der Waals surface area contributed by atoms with Gasteiger partial charge in [-0.15, -0.1) is 0 Å². The normalized spacial score (nSPS) is 32.7. The van der Waals surface area contributed by atoms with E-state index in [1.54, 1.807) is 6.20 Å². The fourth-order valence-corrected chi connectivity index (χ4v) is 7.74. The third-order valence-electron chi connectivity index (χ3n) is 6.64. The number of nitrogens with two attached hydrogens (primary N) is 1. The van der Waals surface area contributed by atoms with Crippen molar-refractivity contribution in [3.05, 3.63) is 23.5 Å². The zero-order chi connectivity index (χ0) is 19.2. The van der Waals surface area contributed by atoms with Gasteiger partial charge in [0.2, 0.25) is 0 Å². The Labute approximate surface area is 162 Å². The van der Waals surface area contributed by atoms with Gasteiger partial charge in [0.1, 0.15) is 5.37 Å². The quantitative estimate of drug-likeness (QED) is 0.841. The van der Waals surface area contributed by atoms with E-state index in [-0.39, 0.29) is 12.0 Å². The van der Waals surface area contributed by atoms with Crippen LogP contribution in [0, 0.1) is 31.6 Å². The van der Waals surface area contributed by atoms with Crippen LogP contribution in [0.2, 0.25) is 0 Å². The van der Waals surface area contributed by atoms with Crippen LogP contribution in [0.4, 0.5) is 0 Å². The van der Waals surface area contributed by atoms with Crippen LogP contribution in [0.25, 0.3) is 0 Å². The summed E-state index contributed by atoms with van der Waals surface area (Å²) < 4.78 is 32.9. The van der Waals surface area contributed by atoms with Gasteiger partial charge < -0.3 is 10.5 Å². The Morgan fingerprint density at radius 2 is 2.00 bits per heavy atom. The molecule has 2 N–H and O–H groups in total. The molecule has 0 amide bonds. The summed E-state index contributed by atoms with van der Waals surface area (Å²) in [7, 11) is -3.49. The van der Waals surface area contributed by atoms with Gasteiger partial charge in [0, 0.05) is 44.2 Å². The fraction of sp³-hybridized carbons (Fsp3) is 0.750. The van der Waals surface area contributed by atoms with Crippen molar-refractivity contribution in [1.82, 2.24) is 9.88 Å². The molecule has 4 rings (SSSR count). The van der Waals surface area contributed by atoms with Crippen LogP contribution in [-0.2, 0) is 14.6 Å². The topological polar surface area (TPSA) is 85.5 Å². The van der Waals surface area contributed by atoms with Gasteiger partial charge in [0.15, 0.2) is 9.84 Å². The molecule has 27 heavy (non-hydrogen) atoms. The number of hydrogen-bond donors (Lipinski definition) is 1. The second-order valence-electron chi connectivity index (χ2n) is 8.69. The minimum atomic E-state index is -3.49. The average Bonchev–Trinajstić information content (AvgIpc) is 3.10. The number of aryl methyl sites for hydroxylation is 2. The number of ether oxygens (including phenoxy) is 1. The van der Waals surface area contributed by atoms with Crippen molar-refractivity contribution in [1.29, 1.82) is 0 Å². The highest BCUT2D eigenvalue weighted by Crippen LogP contribution is 2.46. The van der Waals surface area contributed by atoms with Crippen LogP contribution in [0.3, 0.4) is 0 Å². The Hall–Kier alpha value is -1.02. The molecule has 0 spiro atoms. The molecule has 2 saturated heterocycles. The van der Waals surface area contributed by atoms with Crippen LogP contribution in [-0.4, -0.2) is 56.0 Å². The van der Waals surface area contributed by atoms with Crippen molar-refractivity contribution in [3.8, 4) is 0 Å². The van der Waals surface area contributed by atoms with Crippen LogP contribution in [0.5, 0.6) is 0 Å². The van der Waals surface area contributed by atoms with Crippen molar-refractivity contribution in [3.63, 3.8) is 0 Å². The van der Waals surface area contributed by atoms with Gasteiger partial charge in [-0.25, -0.2) is 8.42 Å². The highest BCUT2D eigenvalue weighted by Gasteiger charge is 2.52. The van der Waals surface area contributed by atoms with E-state index in [0.717, 1.165) is 63.2 Å². The lowest BCUT2D eigenvalue weighted by atomic mass is 10.00. The molecule has 4 atom stereocenters. The van der Waals surface area contributed by atoms with Crippen LogP contribution in [0.1, 0.15) is 36.9 Å². The number of hydrogen-bond acceptors (Lipinski definition) is 6. The first kappa shape index (κ1) is 19.3. The zero-order valence-corrected chi connectivity index (χ0v) is 17.1. The van der Waals surface area contributed by atoms with Gasteiger partial charge >= 0.3 is 0 Å². The van der Waals surface area contributed by atoms with Gasteiger partial charge in [-0.05, 0) is 68.9 Å². The van der Waals surface area contributed by atoms with Gasteiger partial charge in [-0.1, -0.05) is 0 Å². The van der Waals surface area contributed by atoms with Gasteiger partial charge in [0.05, 0.1) is 4.90 Å². The van der Waals surface area contributed by atoms with E-state index < -0.39 is 15.2 Å². The van der Waals surface area contributed by atoms with E-state index in [2.05, 4.69) is 9.88 Å². The number of likely N-dealkylation sites (tertiary alicyclic amines) is 1. The number of aromatic nitrogens is 1. The third kappa shape index (κ3) is 3.67. The van der Waals surface area contributed by atoms with Crippen molar-refractivity contribution in [2.75, 3.05) is 26.3 Å². The molecule has 1 aromatic heterocycles. The summed E-state index contributed by atoms with van der Waals surface area (Å²) in [4.78, 5) is 6.91. The first-order valence-corrected chi connectivity index (χ1v) is 11.7. The lowest BCUT2D eigenvalue weighted by Crippen LogP contribution is -2.43. The van der Waals surface area contributed by atoms with E-state index in [1.165, 1.54) is 0 Å². The molecule has 7 heteroatoms. The number of rotatable bonds is 4. The predicted octanol–water partition coefficient (Wildman–Crippen LogP) is 1.89. The molecule has 1 aromatic rings. The summed E-state index contributed by atoms with van der Waals surface area (Å²) in [6, 6.07) is 1.99. The number of nitrogens with zero attached hydrogens (tertiary/aromatic N) is 2. The van der Waals surface area contributed by atoms with Crippen LogP contribution >= 0.6 is 0 Å². The third-order valence-corrected chi connectivity index (χ3v) is 8.96. The van der Waals surface area contributed by atoms with Gasteiger partial charge in [-0.3, -0.25) is 9.88 Å². The van der Waals surface area contributed by atoms with Crippen LogP contribution < -0.4 is 5.73 Å². The van der Waals surface area contributed by atoms with Crippen molar-refractivity contribution in [2.24, 2.45) is 23.5 Å². The molecule has 0 unspecified atom stereocenters. The Balaban J connectivity index is 1.66. The molecule has 6 nitrogen and oxygen atoms in total. The van der Waals surface area contributed by atoms with E-state index in [0.29, 0.717) is 16.7 Å². The molecule has 0 bridgehead atoms. The van der Waals surface area contributed by atoms with Crippen molar-refractivity contribution >= 4 is 9.84 Å². The zero-order valence-electron chi connectivity index (χ0n) is 16.3. The molecule has 0 radical (unpaired) electrons. The molecule has 3 heterocycles. The Morgan fingerprint density at radius 3 is 2.70 bits per heavy atom. The monoisotopic (exact) mass is 393 g/mol. The molecule has 1 saturated carbocycles. The molecular weight excluding hydrogens is 362 g/mol. The van der Waals surface area contributed by atoms with Crippen molar-refractivity contribution in [2.45, 2.75) is 55.8 Å². The number of fused-ring (bicyclic) bond motifs is 1. The summed E-state index contributed by atoms with van der Waals surface area (Å²) in [6.45, 7) is 7.02. The first-order valence-electron chi connectivity index (χ1n) is 10.1. The van der Waals surface area contributed by atoms with Gasteiger partial charge in [0.25, 0.3) is 0 Å². The predicted molar refractivity (Wildman–Crippen MR) is 104 cm³/mol. The molecule has 2 aliphatic heterocycles. The van der Waals surface area contributed by atoms with Gasteiger partial charge in [-0.2, -0.15) is 0 Å². The first-order chi connectivity index (χ1) is 12.9. The van der Waals surface area contributed by atoms with E-state index in [4.69, 9.17) is 10.5 Å². The average molecular weight is 394 g/mol.